The van der Waals surface area contributed by atoms with Gasteiger partial charge < -0.3 is 19.1 Å². The van der Waals surface area contributed by atoms with Gasteiger partial charge in [0.2, 0.25) is 6.33 Å². The van der Waals surface area contributed by atoms with Gasteiger partial charge >= 0.3 is 11.7 Å². The van der Waals surface area contributed by atoms with E-state index in [1.54, 1.807) is 13.0 Å². The van der Waals surface area contributed by atoms with Gasteiger partial charge in [-0.2, -0.15) is 0 Å². The lowest BCUT2D eigenvalue weighted by atomic mass is 10.2. The Kier molecular flexibility index (Phi) is 3.29. The number of nitro groups is 1. The largest absolute Gasteiger partial charge is 0.454 e. The summed E-state index contributed by atoms with van der Waals surface area (Å²) in [5.41, 5.74) is 2.61. The van der Waals surface area contributed by atoms with Crippen molar-refractivity contribution in [3.63, 3.8) is 0 Å². The molecule has 0 aliphatic rings. The highest BCUT2D eigenvalue weighted by Gasteiger charge is 2.16. The van der Waals surface area contributed by atoms with E-state index < -0.39 is 10.8 Å². The molecule has 0 saturated carbocycles. The van der Waals surface area contributed by atoms with Crippen molar-refractivity contribution in [2.45, 2.75) is 13.5 Å². The highest BCUT2D eigenvalue weighted by molar-refractivity contribution is 5.92. The Bertz CT molecular complexity index is 630. The van der Waals surface area contributed by atoms with Crippen LogP contribution < -0.4 is 11.3 Å². The summed E-state index contributed by atoms with van der Waals surface area (Å²) in [6.45, 7) is 1.94. The van der Waals surface area contributed by atoms with E-state index in [4.69, 9.17) is 10.3 Å². The molecule has 9 nitrogen and oxygen atoms in total. The van der Waals surface area contributed by atoms with Gasteiger partial charge in [0, 0.05) is 5.56 Å². The summed E-state index contributed by atoms with van der Waals surface area (Å²) >= 11 is 0. The number of rotatable bonds is 4. The molecule has 0 aliphatic heterocycles. The number of nitrogens with zero attached hydrogens (tertiary/aromatic N) is 3. The van der Waals surface area contributed by atoms with Crippen molar-refractivity contribution in [2.24, 2.45) is 5.84 Å². The molecule has 100 valence electrons. The van der Waals surface area contributed by atoms with Crippen LogP contribution in [0.3, 0.4) is 0 Å². The quantitative estimate of drug-likeness (QED) is 0.355. The number of aryl methyl sites for hydroxylation is 1. The third-order valence-corrected chi connectivity index (χ3v) is 2.45. The smallest absolute Gasteiger partial charge is 0.381 e. The van der Waals surface area contributed by atoms with E-state index in [0.29, 0.717) is 11.3 Å². The van der Waals surface area contributed by atoms with Gasteiger partial charge in [-0.25, -0.2) is 5.84 Å². The lowest BCUT2D eigenvalue weighted by molar-refractivity contribution is -0.389. The molecule has 0 saturated heterocycles. The first kappa shape index (κ1) is 12.8. The zero-order valence-corrected chi connectivity index (χ0v) is 9.99. The van der Waals surface area contributed by atoms with Gasteiger partial charge in [0.1, 0.15) is 12.0 Å². The van der Waals surface area contributed by atoms with Crippen LogP contribution in [0.1, 0.15) is 21.9 Å². The molecule has 0 aromatic carbocycles. The summed E-state index contributed by atoms with van der Waals surface area (Å²) < 4.78 is 6.82. The first-order valence-electron chi connectivity index (χ1n) is 5.27. The van der Waals surface area contributed by atoms with E-state index in [1.807, 2.05) is 5.43 Å². The Morgan fingerprint density at radius 2 is 2.42 bits per heavy atom. The normalized spacial score (nSPS) is 10.4. The zero-order valence-electron chi connectivity index (χ0n) is 9.99. The van der Waals surface area contributed by atoms with Crippen LogP contribution in [-0.2, 0) is 6.54 Å². The molecule has 0 aliphatic carbocycles. The summed E-state index contributed by atoms with van der Waals surface area (Å²) in [5.74, 6) is 4.84. The molecule has 19 heavy (non-hydrogen) atoms. The SMILES string of the molecule is Cc1cc(Cn2cnc([N+](=O)[O-])c2)oc1C(=O)NN. The van der Waals surface area contributed by atoms with Gasteiger partial charge in [0.05, 0.1) is 6.54 Å². The summed E-state index contributed by atoms with van der Waals surface area (Å²) in [6, 6.07) is 1.66. The number of nitrogens with two attached hydrogens (primary N) is 1. The van der Waals surface area contributed by atoms with E-state index in [1.165, 1.54) is 17.1 Å². The number of amides is 1. The number of nitrogen functional groups attached to an aromatic ring is 1. The second-order valence-corrected chi connectivity index (χ2v) is 3.86. The van der Waals surface area contributed by atoms with Crippen molar-refractivity contribution in [3.8, 4) is 0 Å². The number of nitrogens with one attached hydrogen (secondary N) is 1. The molecule has 0 spiro atoms. The summed E-state index contributed by atoms with van der Waals surface area (Å²) in [6.07, 6.45) is 2.60. The predicted octanol–water partition coefficient (Wildman–Crippen LogP) is 0.345. The van der Waals surface area contributed by atoms with Crippen molar-refractivity contribution in [3.05, 3.63) is 45.8 Å². The van der Waals surface area contributed by atoms with Gasteiger partial charge in [-0.1, -0.05) is 0 Å². The van der Waals surface area contributed by atoms with E-state index >= 15 is 0 Å². The first-order chi connectivity index (χ1) is 9.01. The molecule has 2 rings (SSSR count). The molecular weight excluding hydrogens is 254 g/mol. The molecule has 0 bridgehead atoms. The van der Waals surface area contributed by atoms with Crippen molar-refractivity contribution >= 4 is 11.7 Å². The van der Waals surface area contributed by atoms with Crippen LogP contribution >= 0.6 is 0 Å². The lowest BCUT2D eigenvalue weighted by Gasteiger charge is -1.97. The van der Waals surface area contributed by atoms with E-state index in [9.17, 15) is 14.9 Å². The number of carbonyl (C=O) groups excluding carboxylic acids is 1. The highest BCUT2D eigenvalue weighted by atomic mass is 16.6. The molecule has 0 unspecified atom stereocenters. The topological polar surface area (TPSA) is 129 Å². The molecule has 9 heteroatoms. The van der Waals surface area contributed by atoms with Crippen molar-refractivity contribution in [2.75, 3.05) is 0 Å². The van der Waals surface area contributed by atoms with Crippen LogP contribution in [0, 0.1) is 17.0 Å². The highest BCUT2D eigenvalue weighted by Crippen LogP contribution is 2.16. The fourth-order valence-electron chi connectivity index (χ4n) is 1.63. The van der Waals surface area contributed by atoms with Gasteiger partial charge in [-0.05, 0) is 22.9 Å². The second-order valence-electron chi connectivity index (χ2n) is 3.86. The molecule has 1 amide bonds. The number of carbonyl (C=O) groups is 1. The molecule has 2 heterocycles. The molecular formula is C10H11N5O4. The Morgan fingerprint density at radius 3 is 3.00 bits per heavy atom. The lowest BCUT2D eigenvalue weighted by Crippen LogP contribution is -2.30. The van der Waals surface area contributed by atoms with Gasteiger partial charge in [0.25, 0.3) is 0 Å². The standard InChI is InChI=1S/C10H11N5O4/c1-6-2-7(19-9(6)10(16)13-11)3-14-4-8(12-5-14)15(17)18/h2,4-5H,3,11H2,1H3,(H,13,16). The fraction of sp³-hybridized carbons (Fsp3) is 0.200. The minimum absolute atomic E-state index is 0.118. The molecule has 0 radical (unpaired) electrons. The molecule has 2 aromatic rings. The number of furan rings is 1. The third kappa shape index (κ3) is 2.60. The third-order valence-electron chi connectivity index (χ3n) is 2.45. The number of hydrazine groups is 1. The van der Waals surface area contributed by atoms with Crippen LogP contribution in [0.5, 0.6) is 0 Å². The van der Waals surface area contributed by atoms with Gasteiger partial charge in [0.15, 0.2) is 5.76 Å². The van der Waals surface area contributed by atoms with Crippen LogP contribution in [0.4, 0.5) is 5.82 Å². The Hall–Kier alpha value is -2.68. The Balaban J connectivity index is 2.19. The maximum Gasteiger partial charge on any atom is 0.381 e. The summed E-state index contributed by atoms with van der Waals surface area (Å²) in [7, 11) is 0. The second kappa shape index (κ2) is 4.90. The maximum atomic E-state index is 11.4. The van der Waals surface area contributed by atoms with E-state index in [0.717, 1.165) is 0 Å². The van der Waals surface area contributed by atoms with Crippen molar-refractivity contribution in [1.29, 1.82) is 0 Å². The minimum atomic E-state index is -0.586. The monoisotopic (exact) mass is 265 g/mol. The number of hydrogen-bond donors (Lipinski definition) is 2. The molecule has 2 aromatic heterocycles. The molecule has 0 fully saturated rings. The summed E-state index contributed by atoms with van der Waals surface area (Å²) in [4.78, 5) is 24.9. The van der Waals surface area contributed by atoms with E-state index in [2.05, 4.69) is 4.98 Å². The van der Waals surface area contributed by atoms with Gasteiger partial charge in [-0.15, -0.1) is 0 Å². The Morgan fingerprint density at radius 1 is 1.68 bits per heavy atom. The van der Waals surface area contributed by atoms with Crippen LogP contribution in [0.25, 0.3) is 0 Å². The number of aromatic nitrogens is 2. The average Bonchev–Trinajstić information content (AvgIpc) is 2.96. The van der Waals surface area contributed by atoms with Crippen LogP contribution in [-0.4, -0.2) is 20.4 Å². The van der Waals surface area contributed by atoms with Crippen molar-refractivity contribution < 1.29 is 14.1 Å². The zero-order chi connectivity index (χ0) is 14.0. The van der Waals surface area contributed by atoms with Crippen LogP contribution in [0.15, 0.2) is 23.0 Å². The predicted molar refractivity (Wildman–Crippen MR) is 63.1 cm³/mol. The molecule has 3 N–H and O–H groups in total. The number of hydrogen-bond acceptors (Lipinski definition) is 6. The average molecular weight is 265 g/mol. The van der Waals surface area contributed by atoms with Crippen molar-refractivity contribution in [1.82, 2.24) is 15.0 Å². The maximum absolute atomic E-state index is 11.4. The fourth-order valence-corrected chi connectivity index (χ4v) is 1.63. The summed E-state index contributed by atoms with van der Waals surface area (Å²) in [5, 5.41) is 10.5. The van der Waals surface area contributed by atoms with E-state index in [-0.39, 0.29) is 18.1 Å². The van der Waals surface area contributed by atoms with Crippen LogP contribution in [0.2, 0.25) is 0 Å². The molecule has 0 atom stereocenters. The first-order valence-corrected chi connectivity index (χ1v) is 5.27. The van der Waals surface area contributed by atoms with Gasteiger partial charge in [-0.3, -0.25) is 10.2 Å². The Labute approximate surface area is 107 Å². The number of imidazole rings is 1. The minimum Gasteiger partial charge on any atom is -0.454 e.